The minimum Gasteiger partial charge on any atom is -0.326 e. The van der Waals surface area contributed by atoms with Crippen LogP contribution in [0.1, 0.15) is 19.3 Å². The van der Waals surface area contributed by atoms with Crippen LogP contribution in [0.2, 0.25) is 0 Å². The average molecular weight is 333 g/mol. The average Bonchev–Trinajstić information content (AvgIpc) is 3.23. The summed E-state index contributed by atoms with van der Waals surface area (Å²) < 4.78 is 1.06. The SMILES string of the molecule is O=C(CCNC1CC1)Nc1ccc2cc(Br)ccc2c1. The smallest absolute Gasteiger partial charge is 0.225 e. The van der Waals surface area contributed by atoms with Gasteiger partial charge >= 0.3 is 0 Å². The molecular weight excluding hydrogens is 316 g/mol. The molecule has 2 aromatic rings. The van der Waals surface area contributed by atoms with Gasteiger partial charge in [0, 0.05) is 29.2 Å². The predicted molar refractivity (Wildman–Crippen MR) is 85.9 cm³/mol. The Labute approximate surface area is 126 Å². The van der Waals surface area contributed by atoms with Crippen LogP contribution >= 0.6 is 15.9 Å². The van der Waals surface area contributed by atoms with Crippen molar-refractivity contribution in [1.82, 2.24) is 5.32 Å². The molecule has 2 aromatic carbocycles. The molecular formula is C16H17BrN2O. The van der Waals surface area contributed by atoms with Crippen LogP contribution < -0.4 is 10.6 Å². The van der Waals surface area contributed by atoms with Crippen molar-refractivity contribution in [3.8, 4) is 0 Å². The number of amides is 1. The van der Waals surface area contributed by atoms with Crippen LogP contribution in [-0.2, 0) is 4.79 Å². The summed E-state index contributed by atoms with van der Waals surface area (Å²) in [5.41, 5.74) is 0.858. The molecule has 20 heavy (non-hydrogen) atoms. The Morgan fingerprint density at radius 2 is 1.90 bits per heavy atom. The Morgan fingerprint density at radius 3 is 2.70 bits per heavy atom. The monoisotopic (exact) mass is 332 g/mol. The molecule has 0 radical (unpaired) electrons. The van der Waals surface area contributed by atoms with Crippen molar-refractivity contribution in [1.29, 1.82) is 0 Å². The zero-order chi connectivity index (χ0) is 13.9. The summed E-state index contributed by atoms with van der Waals surface area (Å²) in [7, 11) is 0. The van der Waals surface area contributed by atoms with Gasteiger partial charge in [0.25, 0.3) is 0 Å². The quantitative estimate of drug-likeness (QED) is 0.876. The van der Waals surface area contributed by atoms with Crippen molar-refractivity contribution in [2.75, 3.05) is 11.9 Å². The van der Waals surface area contributed by atoms with Crippen molar-refractivity contribution in [2.45, 2.75) is 25.3 Å². The van der Waals surface area contributed by atoms with E-state index < -0.39 is 0 Å². The number of hydrogen-bond acceptors (Lipinski definition) is 2. The van der Waals surface area contributed by atoms with Crippen LogP contribution in [0.25, 0.3) is 10.8 Å². The largest absolute Gasteiger partial charge is 0.326 e. The molecule has 0 saturated heterocycles. The van der Waals surface area contributed by atoms with E-state index in [1.807, 2.05) is 30.3 Å². The van der Waals surface area contributed by atoms with Gasteiger partial charge in [0.2, 0.25) is 5.91 Å². The maximum atomic E-state index is 11.8. The van der Waals surface area contributed by atoms with Gasteiger partial charge in [-0.15, -0.1) is 0 Å². The standard InChI is InChI=1S/C16H17BrN2O/c17-13-3-1-12-10-15(4-2-11(12)9-13)19-16(20)7-8-18-14-5-6-14/h1-4,9-10,14,18H,5-8H2,(H,19,20). The van der Waals surface area contributed by atoms with Gasteiger partial charge in [0.05, 0.1) is 0 Å². The zero-order valence-corrected chi connectivity index (χ0v) is 12.7. The molecule has 0 heterocycles. The van der Waals surface area contributed by atoms with Crippen LogP contribution in [-0.4, -0.2) is 18.5 Å². The number of halogens is 1. The fraction of sp³-hybridized carbons (Fsp3) is 0.312. The summed E-state index contributed by atoms with van der Waals surface area (Å²) >= 11 is 3.46. The Kier molecular flexibility index (Phi) is 4.03. The van der Waals surface area contributed by atoms with Gasteiger partial charge in [0.1, 0.15) is 0 Å². The Balaban J connectivity index is 1.61. The number of carbonyl (C=O) groups is 1. The van der Waals surface area contributed by atoms with Gasteiger partial charge < -0.3 is 10.6 Å². The predicted octanol–water partition coefficient (Wildman–Crippen LogP) is 3.68. The minimum atomic E-state index is 0.0645. The molecule has 1 saturated carbocycles. The molecule has 0 aromatic heterocycles. The van der Waals surface area contributed by atoms with E-state index in [1.54, 1.807) is 0 Å². The second kappa shape index (κ2) is 5.94. The van der Waals surface area contributed by atoms with Crippen LogP contribution in [0.3, 0.4) is 0 Å². The van der Waals surface area contributed by atoms with E-state index in [2.05, 4.69) is 32.6 Å². The molecule has 0 unspecified atom stereocenters. The van der Waals surface area contributed by atoms with Gasteiger partial charge in [-0.25, -0.2) is 0 Å². The number of fused-ring (bicyclic) bond motifs is 1. The van der Waals surface area contributed by atoms with Crippen molar-refractivity contribution in [3.63, 3.8) is 0 Å². The fourth-order valence-corrected chi connectivity index (χ4v) is 2.57. The maximum absolute atomic E-state index is 11.8. The van der Waals surface area contributed by atoms with E-state index in [4.69, 9.17) is 0 Å². The second-order valence-corrected chi connectivity index (χ2v) is 6.15. The minimum absolute atomic E-state index is 0.0645. The van der Waals surface area contributed by atoms with Crippen molar-refractivity contribution < 1.29 is 4.79 Å². The number of anilines is 1. The van der Waals surface area contributed by atoms with Crippen molar-refractivity contribution >= 4 is 38.3 Å². The van der Waals surface area contributed by atoms with Gasteiger partial charge in [0.15, 0.2) is 0 Å². The van der Waals surface area contributed by atoms with Crippen molar-refractivity contribution in [2.24, 2.45) is 0 Å². The van der Waals surface area contributed by atoms with Crippen LogP contribution in [0.15, 0.2) is 40.9 Å². The molecule has 1 fully saturated rings. The van der Waals surface area contributed by atoms with Crippen LogP contribution in [0.5, 0.6) is 0 Å². The summed E-state index contributed by atoms with van der Waals surface area (Å²) in [5, 5.41) is 8.58. The molecule has 0 aliphatic heterocycles. The summed E-state index contributed by atoms with van der Waals surface area (Å²) in [6, 6.07) is 12.8. The Morgan fingerprint density at radius 1 is 1.15 bits per heavy atom. The zero-order valence-electron chi connectivity index (χ0n) is 11.2. The highest BCUT2D eigenvalue weighted by atomic mass is 79.9. The Hall–Kier alpha value is -1.39. The fourth-order valence-electron chi connectivity index (χ4n) is 2.20. The third-order valence-electron chi connectivity index (χ3n) is 3.45. The first kappa shape index (κ1) is 13.6. The lowest BCUT2D eigenvalue weighted by molar-refractivity contribution is -0.116. The number of nitrogens with one attached hydrogen (secondary N) is 2. The lowest BCUT2D eigenvalue weighted by Gasteiger charge is -2.07. The van der Waals surface area contributed by atoms with Crippen LogP contribution in [0.4, 0.5) is 5.69 Å². The summed E-state index contributed by atoms with van der Waals surface area (Å²) in [5.74, 6) is 0.0645. The van der Waals surface area contributed by atoms with Crippen molar-refractivity contribution in [3.05, 3.63) is 40.9 Å². The summed E-state index contributed by atoms with van der Waals surface area (Å²) in [6.07, 6.45) is 3.03. The van der Waals surface area contributed by atoms with Gasteiger partial charge in [-0.2, -0.15) is 0 Å². The normalized spacial score (nSPS) is 14.4. The molecule has 2 N–H and O–H groups in total. The number of carbonyl (C=O) groups excluding carboxylic acids is 1. The highest BCUT2D eigenvalue weighted by Crippen LogP contribution is 2.23. The third kappa shape index (κ3) is 3.58. The summed E-state index contributed by atoms with van der Waals surface area (Å²) in [6.45, 7) is 0.761. The van der Waals surface area contributed by atoms with E-state index in [-0.39, 0.29) is 5.91 Å². The molecule has 4 heteroatoms. The van der Waals surface area contributed by atoms with Gasteiger partial charge in [-0.3, -0.25) is 4.79 Å². The second-order valence-electron chi connectivity index (χ2n) is 5.23. The number of rotatable bonds is 5. The van der Waals surface area contributed by atoms with E-state index in [9.17, 15) is 4.79 Å². The topological polar surface area (TPSA) is 41.1 Å². The molecule has 0 spiro atoms. The number of benzene rings is 2. The first-order valence-electron chi connectivity index (χ1n) is 6.93. The highest BCUT2D eigenvalue weighted by Gasteiger charge is 2.20. The maximum Gasteiger partial charge on any atom is 0.225 e. The van der Waals surface area contributed by atoms with E-state index in [1.165, 1.54) is 12.8 Å². The van der Waals surface area contributed by atoms with Gasteiger partial charge in [-0.1, -0.05) is 28.1 Å². The molecule has 1 aliphatic carbocycles. The molecule has 104 valence electrons. The van der Waals surface area contributed by atoms with E-state index in [0.717, 1.165) is 27.5 Å². The lowest BCUT2D eigenvalue weighted by atomic mass is 10.1. The molecule has 3 rings (SSSR count). The molecule has 0 atom stereocenters. The summed E-state index contributed by atoms with van der Waals surface area (Å²) in [4.78, 5) is 11.8. The molecule has 1 amide bonds. The first-order chi connectivity index (χ1) is 9.70. The number of hydrogen-bond donors (Lipinski definition) is 2. The highest BCUT2D eigenvalue weighted by molar-refractivity contribution is 9.10. The first-order valence-corrected chi connectivity index (χ1v) is 7.72. The van der Waals surface area contributed by atoms with Crippen LogP contribution in [0, 0.1) is 0 Å². The Bertz CT molecular complexity index is 637. The van der Waals surface area contributed by atoms with Gasteiger partial charge in [-0.05, 0) is 47.9 Å². The van der Waals surface area contributed by atoms with E-state index >= 15 is 0 Å². The molecule has 0 bridgehead atoms. The third-order valence-corrected chi connectivity index (χ3v) is 3.94. The molecule has 3 nitrogen and oxygen atoms in total. The lowest BCUT2D eigenvalue weighted by Crippen LogP contribution is -2.23. The molecule has 1 aliphatic rings. The van der Waals surface area contributed by atoms with E-state index in [0.29, 0.717) is 12.5 Å².